The average Bonchev–Trinajstić information content (AvgIpc) is 3.19. The fourth-order valence-electron chi connectivity index (χ4n) is 2.80. The van der Waals surface area contributed by atoms with Crippen LogP contribution in [0.1, 0.15) is 29.5 Å². The summed E-state index contributed by atoms with van der Waals surface area (Å²) >= 11 is 0. The van der Waals surface area contributed by atoms with Crippen molar-refractivity contribution in [3.05, 3.63) is 108 Å². The first-order valence-electron chi connectivity index (χ1n) is 9.61. The molecule has 3 rings (SSSR count). The Kier molecular flexibility index (Phi) is 7.16. The van der Waals surface area contributed by atoms with Gasteiger partial charge in [0.15, 0.2) is 5.76 Å². The van der Waals surface area contributed by atoms with Crippen molar-refractivity contribution in [2.24, 2.45) is 5.73 Å². The number of halogens is 1. The van der Waals surface area contributed by atoms with E-state index in [4.69, 9.17) is 15.0 Å². The van der Waals surface area contributed by atoms with Crippen LogP contribution in [0, 0.1) is 5.82 Å². The Hall–Kier alpha value is -3.67. The number of ether oxygens (including phenoxy) is 1. The third-order valence-electron chi connectivity index (χ3n) is 4.36. The maximum atomic E-state index is 12.9. The Morgan fingerprint density at radius 2 is 1.97 bits per heavy atom. The van der Waals surface area contributed by atoms with Crippen molar-refractivity contribution in [2.45, 2.75) is 19.8 Å². The first-order valence-corrected chi connectivity index (χ1v) is 9.61. The highest BCUT2D eigenvalue weighted by molar-refractivity contribution is 5.75. The molecule has 0 saturated heterocycles. The molecule has 0 radical (unpaired) electrons. The molecule has 154 valence electrons. The summed E-state index contributed by atoms with van der Waals surface area (Å²) in [6.45, 7) is 6.17. The summed E-state index contributed by atoms with van der Waals surface area (Å²) in [5, 5.41) is 4.11. The van der Waals surface area contributed by atoms with Crippen molar-refractivity contribution < 1.29 is 13.7 Å². The summed E-state index contributed by atoms with van der Waals surface area (Å²) in [6.07, 6.45) is 8.61. The van der Waals surface area contributed by atoms with Gasteiger partial charge in [0.05, 0.1) is 12.3 Å². The van der Waals surface area contributed by atoms with Gasteiger partial charge in [-0.1, -0.05) is 42.1 Å². The Balaban J connectivity index is 1.56. The largest absolute Gasteiger partial charge is 0.477 e. The van der Waals surface area contributed by atoms with Crippen molar-refractivity contribution in [1.29, 1.82) is 0 Å². The molecule has 3 aromatic rings. The van der Waals surface area contributed by atoms with Crippen LogP contribution in [0.3, 0.4) is 0 Å². The van der Waals surface area contributed by atoms with Gasteiger partial charge < -0.3 is 15.0 Å². The summed E-state index contributed by atoms with van der Waals surface area (Å²) in [5.41, 5.74) is 9.72. The predicted octanol–water partition coefficient (Wildman–Crippen LogP) is 4.85. The van der Waals surface area contributed by atoms with Crippen LogP contribution in [0.15, 0.2) is 83.7 Å². The van der Waals surface area contributed by atoms with Gasteiger partial charge in [-0.15, -0.1) is 0 Å². The zero-order valence-electron chi connectivity index (χ0n) is 16.8. The van der Waals surface area contributed by atoms with Crippen molar-refractivity contribution in [2.75, 3.05) is 6.61 Å². The highest BCUT2D eigenvalue weighted by atomic mass is 19.1. The van der Waals surface area contributed by atoms with Crippen LogP contribution in [-0.4, -0.2) is 16.7 Å². The number of nitrogens with two attached hydrogens (primary N) is 1. The van der Waals surface area contributed by atoms with E-state index < -0.39 is 0 Å². The van der Waals surface area contributed by atoms with Gasteiger partial charge in [-0.3, -0.25) is 0 Å². The first-order chi connectivity index (χ1) is 14.5. The molecule has 30 heavy (non-hydrogen) atoms. The van der Waals surface area contributed by atoms with Crippen molar-refractivity contribution in [3.63, 3.8) is 0 Å². The SMILES string of the molecule is C=C(N)/C(=C\C=C/C)c1cc(Cc2ccc(OCCc3ccc(F)cc3)nc2)no1. The van der Waals surface area contributed by atoms with Gasteiger partial charge in [0.1, 0.15) is 5.82 Å². The molecular weight excluding hydrogens is 381 g/mol. The van der Waals surface area contributed by atoms with E-state index in [9.17, 15) is 4.39 Å². The van der Waals surface area contributed by atoms with E-state index in [0.29, 0.717) is 42.4 Å². The van der Waals surface area contributed by atoms with Crippen molar-refractivity contribution >= 4 is 5.57 Å². The number of hydrogen-bond acceptors (Lipinski definition) is 5. The Morgan fingerprint density at radius 3 is 2.63 bits per heavy atom. The van der Waals surface area contributed by atoms with Gasteiger partial charge in [0.25, 0.3) is 0 Å². The number of pyridine rings is 1. The molecule has 0 aliphatic rings. The molecular formula is C24H24FN3O2. The van der Waals surface area contributed by atoms with Crippen LogP contribution >= 0.6 is 0 Å². The van der Waals surface area contributed by atoms with E-state index in [-0.39, 0.29) is 5.82 Å². The summed E-state index contributed by atoms with van der Waals surface area (Å²) in [4.78, 5) is 4.34. The fraction of sp³-hybridized carbons (Fsp3) is 0.167. The normalized spacial score (nSPS) is 11.7. The second-order valence-corrected chi connectivity index (χ2v) is 6.72. The predicted molar refractivity (Wildman–Crippen MR) is 115 cm³/mol. The number of aromatic nitrogens is 2. The van der Waals surface area contributed by atoms with Crippen molar-refractivity contribution in [1.82, 2.24) is 10.1 Å². The smallest absolute Gasteiger partial charge is 0.213 e. The van der Waals surface area contributed by atoms with E-state index in [0.717, 1.165) is 16.8 Å². The molecule has 2 N–H and O–H groups in total. The molecule has 0 aliphatic carbocycles. The van der Waals surface area contributed by atoms with Gasteiger partial charge in [0.2, 0.25) is 5.88 Å². The minimum atomic E-state index is -0.242. The second-order valence-electron chi connectivity index (χ2n) is 6.72. The zero-order valence-corrected chi connectivity index (χ0v) is 16.8. The number of allylic oxidation sites excluding steroid dienone is 4. The number of nitrogens with zero attached hydrogens (tertiary/aromatic N) is 2. The van der Waals surface area contributed by atoms with E-state index in [1.165, 1.54) is 12.1 Å². The number of rotatable bonds is 9. The molecule has 6 heteroatoms. The molecule has 0 atom stereocenters. The van der Waals surface area contributed by atoms with Gasteiger partial charge in [0, 0.05) is 42.4 Å². The first kappa shape index (κ1) is 21.0. The average molecular weight is 405 g/mol. The lowest BCUT2D eigenvalue weighted by Gasteiger charge is -2.06. The van der Waals surface area contributed by atoms with Gasteiger partial charge in [-0.2, -0.15) is 0 Å². The molecule has 2 aromatic heterocycles. The van der Waals surface area contributed by atoms with Crippen LogP contribution in [0.2, 0.25) is 0 Å². The monoisotopic (exact) mass is 405 g/mol. The van der Waals surface area contributed by atoms with E-state index in [2.05, 4.69) is 16.7 Å². The standard InChI is InChI=1S/C24H24FN3O2/c1-3-4-5-22(17(2)26)23-15-21(28-30-23)14-19-8-11-24(27-16-19)29-13-12-18-6-9-20(25)10-7-18/h3-11,15-16H,2,12-14,26H2,1H3/b4-3-,22-5+. The minimum absolute atomic E-state index is 0.242. The summed E-state index contributed by atoms with van der Waals surface area (Å²) in [5.74, 6) is 0.871. The third kappa shape index (κ3) is 5.91. The molecule has 0 amide bonds. The molecule has 0 aliphatic heterocycles. The lowest BCUT2D eigenvalue weighted by atomic mass is 10.1. The van der Waals surface area contributed by atoms with Gasteiger partial charge >= 0.3 is 0 Å². The molecule has 1 aromatic carbocycles. The third-order valence-corrected chi connectivity index (χ3v) is 4.36. The quantitative estimate of drug-likeness (QED) is 0.515. The lowest BCUT2D eigenvalue weighted by Crippen LogP contribution is -2.03. The molecule has 0 fully saturated rings. The minimum Gasteiger partial charge on any atom is -0.477 e. The van der Waals surface area contributed by atoms with Crippen LogP contribution in [0.5, 0.6) is 5.88 Å². The summed E-state index contributed by atoms with van der Waals surface area (Å²) in [6, 6.07) is 12.0. The van der Waals surface area contributed by atoms with Crippen LogP contribution in [-0.2, 0) is 12.8 Å². The second kappa shape index (κ2) is 10.2. The van der Waals surface area contributed by atoms with Crippen LogP contribution in [0.4, 0.5) is 4.39 Å². The summed E-state index contributed by atoms with van der Waals surface area (Å²) < 4.78 is 24.0. The van der Waals surface area contributed by atoms with Gasteiger partial charge in [-0.25, -0.2) is 9.37 Å². The molecule has 5 nitrogen and oxygen atoms in total. The van der Waals surface area contributed by atoms with E-state index in [1.54, 1.807) is 18.3 Å². The maximum absolute atomic E-state index is 12.9. The molecule has 0 saturated carbocycles. The highest BCUT2D eigenvalue weighted by Crippen LogP contribution is 2.21. The van der Waals surface area contributed by atoms with Crippen LogP contribution < -0.4 is 10.5 Å². The molecule has 2 heterocycles. The van der Waals surface area contributed by atoms with E-state index in [1.807, 2.05) is 43.4 Å². The van der Waals surface area contributed by atoms with E-state index >= 15 is 0 Å². The Bertz CT molecular complexity index is 1040. The summed E-state index contributed by atoms with van der Waals surface area (Å²) in [7, 11) is 0. The Labute approximate surface area is 175 Å². The fourth-order valence-corrected chi connectivity index (χ4v) is 2.80. The molecule has 0 spiro atoms. The lowest BCUT2D eigenvalue weighted by molar-refractivity contribution is 0.309. The van der Waals surface area contributed by atoms with Crippen LogP contribution in [0.25, 0.3) is 5.57 Å². The molecule has 0 unspecified atom stereocenters. The van der Waals surface area contributed by atoms with Gasteiger partial charge in [-0.05, 0) is 36.3 Å². The highest BCUT2D eigenvalue weighted by Gasteiger charge is 2.11. The number of benzene rings is 1. The molecule has 0 bridgehead atoms. The zero-order chi connectivity index (χ0) is 21.3. The maximum Gasteiger partial charge on any atom is 0.213 e. The number of hydrogen-bond donors (Lipinski definition) is 1. The Morgan fingerprint density at radius 1 is 1.20 bits per heavy atom. The van der Waals surface area contributed by atoms with Crippen molar-refractivity contribution in [3.8, 4) is 5.88 Å². The topological polar surface area (TPSA) is 74.2 Å².